The summed E-state index contributed by atoms with van der Waals surface area (Å²) in [5, 5.41) is 11.1. The summed E-state index contributed by atoms with van der Waals surface area (Å²) in [6.45, 7) is 7.59. The van der Waals surface area contributed by atoms with Crippen LogP contribution in [0.1, 0.15) is 65.7 Å². The van der Waals surface area contributed by atoms with Crippen molar-refractivity contribution in [1.29, 1.82) is 5.41 Å². The molecule has 2 N–H and O–H groups in total. The predicted octanol–water partition coefficient (Wildman–Crippen LogP) is 4.00. The van der Waals surface area contributed by atoms with Crippen molar-refractivity contribution < 1.29 is 0 Å². The van der Waals surface area contributed by atoms with Crippen LogP contribution in [0.15, 0.2) is 0 Å². The molecule has 0 aliphatic heterocycles. The summed E-state index contributed by atoms with van der Waals surface area (Å²) >= 11 is 0. The highest BCUT2D eigenvalue weighted by Crippen LogP contribution is 2.22. The largest absolute Gasteiger partial charge is 0.313 e. The zero-order valence-corrected chi connectivity index (χ0v) is 11.9. The minimum absolute atomic E-state index is 0.00568. The van der Waals surface area contributed by atoms with E-state index in [0.717, 1.165) is 12.5 Å². The van der Waals surface area contributed by atoms with E-state index < -0.39 is 0 Å². The van der Waals surface area contributed by atoms with Crippen LogP contribution in [0.4, 0.5) is 0 Å². The van der Waals surface area contributed by atoms with Crippen LogP contribution in [0, 0.1) is 16.7 Å². The monoisotopic (exact) mass is 238 g/mol. The maximum absolute atomic E-state index is 7.40. The lowest BCUT2D eigenvalue weighted by Crippen LogP contribution is -2.37. The van der Waals surface area contributed by atoms with Gasteiger partial charge in [0.05, 0.1) is 0 Å². The van der Waals surface area contributed by atoms with Crippen LogP contribution in [0.5, 0.6) is 0 Å². The van der Waals surface area contributed by atoms with Crippen LogP contribution in [-0.4, -0.2) is 18.8 Å². The Bertz CT molecular complexity index is 223. The van der Waals surface area contributed by atoms with Gasteiger partial charge >= 0.3 is 0 Å². The quantitative estimate of drug-likeness (QED) is 0.713. The maximum Gasteiger partial charge on any atom is 0.0118 e. The van der Waals surface area contributed by atoms with E-state index in [2.05, 4.69) is 26.1 Å². The Morgan fingerprint density at radius 2 is 1.71 bits per heavy atom. The van der Waals surface area contributed by atoms with Crippen LogP contribution in [0.3, 0.4) is 0 Å². The number of nitrogens with one attached hydrogen (secondary N) is 2. The standard InChI is InChI=1S/C15H30N2/c1-13-7-4-5-9-14(10-6-8-13)17-12-15(2,3)11-16/h11,13-14,16-17H,4-10,12H2,1-3H3. The molecule has 0 aromatic carbocycles. The van der Waals surface area contributed by atoms with Gasteiger partial charge in [-0.05, 0) is 18.8 Å². The van der Waals surface area contributed by atoms with Crippen molar-refractivity contribution >= 4 is 6.21 Å². The molecule has 0 aromatic rings. The van der Waals surface area contributed by atoms with Crippen molar-refractivity contribution in [3.8, 4) is 0 Å². The Balaban J connectivity index is 2.33. The number of hydrogen-bond acceptors (Lipinski definition) is 2. The third-order valence-electron chi connectivity index (χ3n) is 3.99. The van der Waals surface area contributed by atoms with Gasteiger partial charge in [-0.3, -0.25) is 0 Å². The lowest BCUT2D eigenvalue weighted by molar-refractivity contribution is 0.377. The van der Waals surface area contributed by atoms with Gasteiger partial charge in [0.25, 0.3) is 0 Å². The topological polar surface area (TPSA) is 35.9 Å². The minimum Gasteiger partial charge on any atom is -0.313 e. The summed E-state index contributed by atoms with van der Waals surface area (Å²) in [6, 6.07) is 0.680. The minimum atomic E-state index is 0.00568. The fraction of sp³-hybridized carbons (Fsp3) is 0.933. The molecule has 0 amide bonds. The molecule has 2 heteroatoms. The summed E-state index contributed by atoms with van der Waals surface area (Å²) in [5.74, 6) is 0.923. The fourth-order valence-corrected chi connectivity index (χ4v) is 2.55. The molecule has 2 unspecified atom stereocenters. The molecule has 1 saturated carbocycles. The molecule has 0 saturated heterocycles. The predicted molar refractivity (Wildman–Crippen MR) is 75.8 cm³/mol. The molecule has 1 rings (SSSR count). The van der Waals surface area contributed by atoms with Crippen LogP contribution in [0.2, 0.25) is 0 Å². The highest BCUT2D eigenvalue weighted by atomic mass is 14.9. The van der Waals surface area contributed by atoms with Crippen molar-refractivity contribution in [2.24, 2.45) is 11.3 Å². The Hall–Kier alpha value is -0.370. The van der Waals surface area contributed by atoms with Crippen LogP contribution in [-0.2, 0) is 0 Å². The smallest absolute Gasteiger partial charge is 0.0118 e. The van der Waals surface area contributed by atoms with Gasteiger partial charge in [-0.1, -0.05) is 52.9 Å². The first-order chi connectivity index (χ1) is 8.03. The van der Waals surface area contributed by atoms with E-state index in [9.17, 15) is 0 Å². The van der Waals surface area contributed by atoms with Gasteiger partial charge in [-0.2, -0.15) is 0 Å². The molecule has 1 aliphatic carbocycles. The summed E-state index contributed by atoms with van der Waals surface area (Å²) in [7, 11) is 0. The van der Waals surface area contributed by atoms with E-state index in [1.54, 1.807) is 6.21 Å². The van der Waals surface area contributed by atoms with E-state index in [1.807, 2.05) is 0 Å². The lowest BCUT2D eigenvalue weighted by atomic mass is 9.94. The molecule has 0 aromatic heterocycles. The molecule has 1 aliphatic rings. The molecule has 0 bridgehead atoms. The normalized spacial score (nSPS) is 27.9. The second-order valence-electron chi connectivity index (χ2n) is 6.53. The fourth-order valence-electron chi connectivity index (χ4n) is 2.55. The van der Waals surface area contributed by atoms with Crippen LogP contribution >= 0.6 is 0 Å². The average Bonchev–Trinajstić information content (AvgIpc) is 2.39. The van der Waals surface area contributed by atoms with Gasteiger partial charge in [-0.15, -0.1) is 0 Å². The van der Waals surface area contributed by atoms with Gasteiger partial charge in [0.2, 0.25) is 0 Å². The Kier molecular flexibility index (Phi) is 6.18. The molecule has 0 heterocycles. The van der Waals surface area contributed by atoms with Crippen LogP contribution < -0.4 is 5.32 Å². The summed E-state index contributed by atoms with van der Waals surface area (Å²) in [5.41, 5.74) is 0.00568. The van der Waals surface area contributed by atoms with Crippen molar-refractivity contribution in [2.75, 3.05) is 6.54 Å². The van der Waals surface area contributed by atoms with Crippen molar-refractivity contribution in [3.05, 3.63) is 0 Å². The average molecular weight is 238 g/mol. The second-order valence-corrected chi connectivity index (χ2v) is 6.53. The van der Waals surface area contributed by atoms with Gasteiger partial charge in [0, 0.05) is 24.2 Å². The maximum atomic E-state index is 7.40. The molecule has 2 nitrogen and oxygen atoms in total. The summed E-state index contributed by atoms with van der Waals surface area (Å²) in [6.07, 6.45) is 11.1. The number of hydrogen-bond donors (Lipinski definition) is 2. The first-order valence-corrected chi connectivity index (χ1v) is 7.28. The van der Waals surface area contributed by atoms with Gasteiger partial charge in [0.1, 0.15) is 0 Å². The van der Waals surface area contributed by atoms with E-state index in [1.165, 1.54) is 44.9 Å². The summed E-state index contributed by atoms with van der Waals surface area (Å²) < 4.78 is 0. The van der Waals surface area contributed by atoms with Crippen molar-refractivity contribution in [2.45, 2.75) is 71.8 Å². The molecule has 100 valence electrons. The molecule has 2 atom stereocenters. The first kappa shape index (κ1) is 14.7. The third-order valence-corrected chi connectivity index (χ3v) is 3.99. The van der Waals surface area contributed by atoms with E-state index in [0.29, 0.717) is 6.04 Å². The first-order valence-electron chi connectivity index (χ1n) is 7.28. The van der Waals surface area contributed by atoms with Gasteiger partial charge < -0.3 is 10.7 Å². The molecule has 0 spiro atoms. The van der Waals surface area contributed by atoms with Gasteiger partial charge in [-0.25, -0.2) is 0 Å². The molecule has 1 fully saturated rings. The highest BCUT2D eigenvalue weighted by Gasteiger charge is 2.18. The molecule has 0 radical (unpaired) electrons. The Morgan fingerprint density at radius 3 is 2.41 bits per heavy atom. The van der Waals surface area contributed by atoms with Gasteiger partial charge in [0.15, 0.2) is 0 Å². The third kappa shape index (κ3) is 6.21. The van der Waals surface area contributed by atoms with E-state index in [-0.39, 0.29) is 5.41 Å². The van der Waals surface area contributed by atoms with Crippen molar-refractivity contribution in [3.63, 3.8) is 0 Å². The lowest BCUT2D eigenvalue weighted by Gasteiger charge is -2.24. The Labute approximate surface area is 107 Å². The highest BCUT2D eigenvalue weighted by molar-refractivity contribution is 5.61. The molecular weight excluding hydrogens is 208 g/mol. The van der Waals surface area contributed by atoms with E-state index >= 15 is 0 Å². The second kappa shape index (κ2) is 7.15. The molecule has 17 heavy (non-hydrogen) atoms. The van der Waals surface area contributed by atoms with Crippen molar-refractivity contribution in [1.82, 2.24) is 5.32 Å². The number of rotatable bonds is 4. The molecular formula is C15H30N2. The Morgan fingerprint density at radius 1 is 1.12 bits per heavy atom. The van der Waals surface area contributed by atoms with Crippen LogP contribution in [0.25, 0.3) is 0 Å². The SMILES string of the molecule is CC1CCCCC(NCC(C)(C)C=N)CCC1. The summed E-state index contributed by atoms with van der Waals surface area (Å²) in [4.78, 5) is 0. The van der Waals surface area contributed by atoms with E-state index in [4.69, 9.17) is 5.41 Å². The zero-order valence-electron chi connectivity index (χ0n) is 11.9. The zero-order chi connectivity index (χ0) is 12.7.